The third kappa shape index (κ3) is 2.18. The summed E-state index contributed by atoms with van der Waals surface area (Å²) in [5.74, 6) is -0.103. The van der Waals surface area contributed by atoms with Crippen LogP contribution in [0.25, 0.3) is 0 Å². The van der Waals surface area contributed by atoms with Crippen LogP contribution < -0.4 is 0 Å². The number of aryl methyl sites for hydroxylation is 1. The molecule has 0 aliphatic carbocycles. The van der Waals surface area contributed by atoms with Gasteiger partial charge in [0.2, 0.25) is 11.8 Å². The van der Waals surface area contributed by atoms with Crippen molar-refractivity contribution in [1.29, 1.82) is 0 Å². The van der Waals surface area contributed by atoms with E-state index in [9.17, 15) is 9.59 Å². The molecule has 1 aromatic rings. The second-order valence-electron chi connectivity index (χ2n) is 5.67. The van der Waals surface area contributed by atoms with Crippen LogP contribution >= 0.6 is 0 Å². The second kappa shape index (κ2) is 4.80. The predicted octanol–water partition coefficient (Wildman–Crippen LogP) is 2.75. The van der Waals surface area contributed by atoms with Crippen LogP contribution in [0.4, 0.5) is 0 Å². The molecule has 1 fully saturated rings. The maximum Gasteiger partial charge on any atom is 0.235 e. The molecule has 1 aliphatic heterocycles. The predicted molar refractivity (Wildman–Crippen MR) is 74.7 cm³/mol. The maximum absolute atomic E-state index is 12.3. The van der Waals surface area contributed by atoms with E-state index in [4.69, 9.17) is 0 Å². The summed E-state index contributed by atoms with van der Waals surface area (Å²) in [6, 6.07) is 8.34. The summed E-state index contributed by atoms with van der Waals surface area (Å²) >= 11 is 0. The lowest BCUT2D eigenvalue weighted by Crippen LogP contribution is -2.34. The average Bonchev–Trinajstić information content (AvgIpc) is 2.63. The number of likely N-dealkylation sites (tertiary alicyclic amines) is 1. The summed E-state index contributed by atoms with van der Waals surface area (Å²) in [5.41, 5.74) is 1.79. The van der Waals surface area contributed by atoms with E-state index in [0.717, 1.165) is 12.0 Å². The van der Waals surface area contributed by atoms with Crippen LogP contribution in [0.5, 0.6) is 0 Å². The van der Waals surface area contributed by atoms with Gasteiger partial charge in [0.25, 0.3) is 0 Å². The molecular formula is C16H21NO2. The van der Waals surface area contributed by atoms with E-state index in [1.54, 1.807) is 7.05 Å². The first kappa shape index (κ1) is 13.8. The molecule has 0 spiro atoms. The summed E-state index contributed by atoms with van der Waals surface area (Å²) in [5, 5.41) is 0. The molecule has 102 valence electrons. The minimum absolute atomic E-state index is 0.0415. The molecule has 3 nitrogen and oxygen atoms in total. The number of amides is 2. The molecule has 2 amide bonds. The number of rotatable bonds is 3. The Hall–Kier alpha value is -1.64. The van der Waals surface area contributed by atoms with Gasteiger partial charge in [0.15, 0.2) is 0 Å². The monoisotopic (exact) mass is 259 g/mol. The van der Waals surface area contributed by atoms with Crippen LogP contribution in [0.2, 0.25) is 0 Å². The van der Waals surface area contributed by atoms with Crippen LogP contribution in [0.3, 0.4) is 0 Å². The van der Waals surface area contributed by atoms with Gasteiger partial charge in [-0.2, -0.15) is 0 Å². The first-order valence-electron chi connectivity index (χ1n) is 6.80. The van der Waals surface area contributed by atoms with E-state index in [2.05, 4.69) is 31.2 Å². The molecule has 1 aromatic carbocycles. The van der Waals surface area contributed by atoms with Crippen molar-refractivity contribution in [1.82, 2.24) is 4.90 Å². The van der Waals surface area contributed by atoms with Crippen molar-refractivity contribution >= 4 is 11.8 Å². The highest BCUT2D eigenvalue weighted by atomic mass is 16.2. The van der Waals surface area contributed by atoms with Crippen molar-refractivity contribution in [2.75, 3.05) is 7.05 Å². The van der Waals surface area contributed by atoms with Gasteiger partial charge in [-0.3, -0.25) is 14.5 Å². The second-order valence-corrected chi connectivity index (χ2v) is 5.67. The van der Waals surface area contributed by atoms with Gasteiger partial charge in [-0.25, -0.2) is 0 Å². The van der Waals surface area contributed by atoms with Gasteiger partial charge in [0.1, 0.15) is 0 Å². The van der Waals surface area contributed by atoms with Gasteiger partial charge in [-0.15, -0.1) is 0 Å². The van der Waals surface area contributed by atoms with Crippen molar-refractivity contribution in [3.8, 4) is 0 Å². The molecule has 19 heavy (non-hydrogen) atoms. The fraction of sp³-hybridized carbons (Fsp3) is 0.500. The van der Waals surface area contributed by atoms with Crippen LogP contribution in [0.15, 0.2) is 24.3 Å². The molecule has 0 unspecified atom stereocenters. The maximum atomic E-state index is 12.3. The fourth-order valence-electron chi connectivity index (χ4n) is 2.75. The standard InChI is InChI=1S/C16H21NO2/c1-5-12-6-8-13(9-7-12)11(2)16(3)10-14(18)17(4)15(16)19/h6-9,11H,5,10H2,1-4H3/t11-,16+/m1/s1. The highest BCUT2D eigenvalue weighted by Gasteiger charge is 2.50. The van der Waals surface area contributed by atoms with E-state index in [1.807, 2.05) is 13.8 Å². The molecule has 1 heterocycles. The number of benzene rings is 1. The molecule has 1 saturated heterocycles. The number of hydrogen-bond donors (Lipinski definition) is 0. The highest BCUT2D eigenvalue weighted by Crippen LogP contribution is 2.44. The molecule has 3 heteroatoms. The first-order chi connectivity index (χ1) is 8.90. The molecule has 0 aromatic heterocycles. The molecule has 0 bridgehead atoms. The summed E-state index contributed by atoms with van der Waals surface area (Å²) in [7, 11) is 1.57. The Morgan fingerprint density at radius 1 is 1.26 bits per heavy atom. The SMILES string of the molecule is CCc1ccc([C@@H](C)[C@]2(C)CC(=O)N(C)C2=O)cc1. The van der Waals surface area contributed by atoms with Gasteiger partial charge >= 0.3 is 0 Å². The molecule has 0 saturated carbocycles. The Balaban J connectivity index is 2.30. The smallest absolute Gasteiger partial charge is 0.235 e. The van der Waals surface area contributed by atoms with E-state index < -0.39 is 5.41 Å². The summed E-state index contributed by atoms with van der Waals surface area (Å²) in [4.78, 5) is 25.3. The minimum Gasteiger partial charge on any atom is -0.285 e. The normalized spacial score (nSPS) is 24.9. The van der Waals surface area contributed by atoms with Gasteiger partial charge in [0.05, 0.1) is 5.41 Å². The summed E-state index contributed by atoms with van der Waals surface area (Å²) in [6.07, 6.45) is 1.31. The lowest BCUT2D eigenvalue weighted by atomic mass is 9.73. The van der Waals surface area contributed by atoms with Gasteiger partial charge in [-0.1, -0.05) is 38.1 Å². The van der Waals surface area contributed by atoms with Crippen molar-refractivity contribution in [2.45, 2.75) is 39.5 Å². The minimum atomic E-state index is -0.612. The van der Waals surface area contributed by atoms with E-state index in [1.165, 1.54) is 10.5 Å². The Kier molecular flexibility index (Phi) is 3.48. The van der Waals surface area contributed by atoms with Crippen molar-refractivity contribution < 1.29 is 9.59 Å². The van der Waals surface area contributed by atoms with Gasteiger partial charge in [-0.05, 0) is 30.4 Å². The Morgan fingerprint density at radius 3 is 2.26 bits per heavy atom. The van der Waals surface area contributed by atoms with Crippen LogP contribution in [0.1, 0.15) is 44.2 Å². The topological polar surface area (TPSA) is 37.4 Å². The summed E-state index contributed by atoms with van der Waals surface area (Å²) in [6.45, 7) is 6.05. The zero-order valence-electron chi connectivity index (χ0n) is 12.1. The van der Waals surface area contributed by atoms with Crippen molar-refractivity contribution in [2.24, 2.45) is 5.41 Å². The van der Waals surface area contributed by atoms with Crippen LogP contribution in [-0.4, -0.2) is 23.8 Å². The van der Waals surface area contributed by atoms with Crippen LogP contribution in [0, 0.1) is 5.41 Å². The quantitative estimate of drug-likeness (QED) is 0.783. The van der Waals surface area contributed by atoms with Gasteiger partial charge < -0.3 is 0 Å². The highest BCUT2D eigenvalue weighted by molar-refractivity contribution is 6.05. The lowest BCUT2D eigenvalue weighted by molar-refractivity contribution is -0.139. The van der Waals surface area contributed by atoms with E-state index in [0.29, 0.717) is 6.42 Å². The van der Waals surface area contributed by atoms with E-state index in [-0.39, 0.29) is 17.7 Å². The molecule has 0 N–H and O–H groups in total. The Morgan fingerprint density at radius 2 is 1.84 bits per heavy atom. The Labute approximate surface area is 114 Å². The zero-order chi connectivity index (χ0) is 14.2. The molecule has 2 rings (SSSR count). The fourth-order valence-corrected chi connectivity index (χ4v) is 2.75. The average molecular weight is 259 g/mol. The number of hydrogen-bond acceptors (Lipinski definition) is 2. The Bertz CT molecular complexity index is 506. The van der Waals surface area contributed by atoms with E-state index >= 15 is 0 Å². The van der Waals surface area contributed by atoms with Crippen molar-refractivity contribution in [3.05, 3.63) is 35.4 Å². The van der Waals surface area contributed by atoms with Gasteiger partial charge in [0, 0.05) is 13.5 Å². The number of nitrogens with zero attached hydrogens (tertiary/aromatic N) is 1. The lowest BCUT2D eigenvalue weighted by Gasteiger charge is -2.29. The zero-order valence-corrected chi connectivity index (χ0v) is 12.1. The third-order valence-electron chi connectivity index (χ3n) is 4.53. The van der Waals surface area contributed by atoms with Crippen molar-refractivity contribution in [3.63, 3.8) is 0 Å². The first-order valence-corrected chi connectivity index (χ1v) is 6.80. The largest absolute Gasteiger partial charge is 0.285 e. The van der Waals surface area contributed by atoms with Crippen LogP contribution in [-0.2, 0) is 16.0 Å². The molecule has 1 aliphatic rings. The number of carbonyl (C=O) groups excluding carboxylic acids is 2. The third-order valence-corrected chi connectivity index (χ3v) is 4.53. The molecule has 0 radical (unpaired) electrons. The number of carbonyl (C=O) groups is 2. The summed E-state index contributed by atoms with van der Waals surface area (Å²) < 4.78 is 0. The number of imide groups is 1. The molecule has 2 atom stereocenters. The molecular weight excluding hydrogens is 238 g/mol.